The first-order chi connectivity index (χ1) is 17.9. The monoisotopic (exact) mass is 525 g/mol. The van der Waals surface area contributed by atoms with Crippen LogP contribution in [0.25, 0.3) is 0 Å². The summed E-state index contributed by atoms with van der Waals surface area (Å²) in [5.41, 5.74) is -0.476. The summed E-state index contributed by atoms with van der Waals surface area (Å²) in [6.45, 7) is 0.765. The summed E-state index contributed by atoms with van der Waals surface area (Å²) in [5.74, 6) is -1.05. The highest BCUT2D eigenvalue weighted by Crippen LogP contribution is 2.39. The van der Waals surface area contributed by atoms with Gasteiger partial charge in [0.15, 0.2) is 0 Å². The van der Waals surface area contributed by atoms with E-state index in [4.69, 9.17) is 20.8 Å². The van der Waals surface area contributed by atoms with E-state index in [1.807, 2.05) is 0 Å². The summed E-state index contributed by atoms with van der Waals surface area (Å²) < 4.78 is 25.4. The largest absolute Gasteiger partial charge is 0.467 e. The Kier molecular flexibility index (Phi) is 6.99. The average Bonchev–Trinajstić information content (AvgIpc) is 3.56. The molecule has 0 aliphatic carbocycles. The van der Waals surface area contributed by atoms with Crippen molar-refractivity contribution in [2.45, 2.75) is 31.2 Å². The molecule has 0 unspecified atom stereocenters. The average molecular weight is 526 g/mol. The van der Waals surface area contributed by atoms with Gasteiger partial charge in [-0.25, -0.2) is 4.39 Å². The lowest BCUT2D eigenvalue weighted by Crippen LogP contribution is -2.59. The zero-order chi connectivity index (χ0) is 26.0. The number of nitrogens with one attached hydrogen (secondary N) is 1. The zero-order valence-electron chi connectivity index (χ0n) is 19.9. The van der Waals surface area contributed by atoms with Gasteiger partial charge in [0.1, 0.15) is 23.3 Å². The summed E-state index contributed by atoms with van der Waals surface area (Å²) in [6.07, 6.45) is 2.11. The van der Waals surface area contributed by atoms with E-state index in [0.717, 1.165) is 6.07 Å². The molecule has 1 aromatic heterocycles. The van der Waals surface area contributed by atoms with E-state index in [1.165, 1.54) is 29.4 Å². The summed E-state index contributed by atoms with van der Waals surface area (Å²) in [7, 11) is 0. The predicted octanol–water partition coefficient (Wildman–Crippen LogP) is 3.86. The third-order valence-electron chi connectivity index (χ3n) is 6.79. The maximum Gasteiger partial charge on any atom is 0.256 e. The first kappa shape index (κ1) is 25.0. The second-order valence-electron chi connectivity index (χ2n) is 9.05. The van der Waals surface area contributed by atoms with Gasteiger partial charge >= 0.3 is 0 Å². The number of furan rings is 1. The number of likely N-dealkylation sites (tertiary alicyclic amines) is 1. The van der Waals surface area contributed by atoms with Gasteiger partial charge in [-0.05, 0) is 54.6 Å². The number of rotatable bonds is 5. The van der Waals surface area contributed by atoms with E-state index in [2.05, 4.69) is 5.32 Å². The van der Waals surface area contributed by atoms with Gasteiger partial charge in [0.25, 0.3) is 11.8 Å². The Hall–Kier alpha value is -3.69. The number of nitrogens with zero attached hydrogens (tertiary/aromatic N) is 2. The standard InChI is InChI=1S/C27H25ClFN3O5/c28-20-8-6-18(7-9-20)25(34)31-12-10-27(11-13-31)32(26(35)19-3-1-4-21(29)15-19)23(17-37-27)24(33)30-16-22-5-2-14-36-22/h1-9,14-15,23H,10-13,16-17H2,(H,30,33)/t23-/m1/s1. The van der Waals surface area contributed by atoms with Crippen molar-refractivity contribution >= 4 is 29.3 Å². The summed E-state index contributed by atoms with van der Waals surface area (Å²) in [6, 6.07) is 14.5. The fourth-order valence-corrected chi connectivity index (χ4v) is 4.99. The maximum absolute atomic E-state index is 14.0. The number of benzene rings is 2. The lowest BCUT2D eigenvalue weighted by Gasteiger charge is -2.44. The molecule has 2 saturated heterocycles. The van der Waals surface area contributed by atoms with E-state index in [0.29, 0.717) is 42.3 Å². The van der Waals surface area contributed by atoms with Gasteiger partial charge in [-0.15, -0.1) is 0 Å². The number of hydrogen-bond donors (Lipinski definition) is 1. The van der Waals surface area contributed by atoms with Gasteiger partial charge < -0.3 is 19.4 Å². The molecule has 1 atom stereocenters. The summed E-state index contributed by atoms with van der Waals surface area (Å²) >= 11 is 5.94. The van der Waals surface area contributed by atoms with Crippen LogP contribution in [-0.2, 0) is 16.1 Å². The zero-order valence-corrected chi connectivity index (χ0v) is 20.6. The van der Waals surface area contributed by atoms with Crippen LogP contribution in [0, 0.1) is 5.82 Å². The summed E-state index contributed by atoms with van der Waals surface area (Å²) in [5, 5.41) is 3.33. The Bertz CT molecular complexity index is 1290. The van der Waals surface area contributed by atoms with Crippen molar-refractivity contribution in [1.29, 1.82) is 0 Å². The molecule has 2 fully saturated rings. The van der Waals surface area contributed by atoms with E-state index < -0.39 is 29.4 Å². The van der Waals surface area contributed by atoms with Crippen LogP contribution in [0.3, 0.4) is 0 Å². The number of carbonyl (C=O) groups is 3. The first-order valence-corrected chi connectivity index (χ1v) is 12.3. The van der Waals surface area contributed by atoms with Gasteiger partial charge in [-0.3, -0.25) is 19.3 Å². The smallest absolute Gasteiger partial charge is 0.256 e. The molecule has 5 rings (SSSR count). The van der Waals surface area contributed by atoms with Crippen molar-refractivity contribution in [3.05, 3.63) is 94.7 Å². The molecule has 1 N–H and O–H groups in total. The minimum Gasteiger partial charge on any atom is -0.467 e. The quantitative estimate of drug-likeness (QED) is 0.546. The number of amides is 3. The second-order valence-corrected chi connectivity index (χ2v) is 9.49. The van der Waals surface area contributed by atoms with E-state index >= 15 is 0 Å². The van der Waals surface area contributed by atoms with Gasteiger partial charge in [0.2, 0.25) is 5.91 Å². The third-order valence-corrected chi connectivity index (χ3v) is 7.05. The maximum atomic E-state index is 14.0. The topological polar surface area (TPSA) is 92.1 Å². The SMILES string of the molecule is O=C(NCc1ccco1)[C@H]1COC2(CCN(C(=O)c3ccc(Cl)cc3)CC2)N1C(=O)c1cccc(F)c1. The molecule has 0 saturated carbocycles. The molecule has 1 spiro atoms. The lowest BCUT2D eigenvalue weighted by atomic mass is 9.96. The van der Waals surface area contributed by atoms with E-state index in [-0.39, 0.29) is 24.6 Å². The number of halogens is 2. The fraction of sp³-hybridized carbons (Fsp3) is 0.296. The van der Waals surface area contributed by atoms with Crippen molar-refractivity contribution in [3.63, 3.8) is 0 Å². The Labute approximate surface area is 217 Å². The molecule has 3 aromatic rings. The van der Waals surface area contributed by atoms with E-state index in [9.17, 15) is 18.8 Å². The molecule has 192 valence electrons. The van der Waals surface area contributed by atoms with E-state index in [1.54, 1.807) is 41.3 Å². The molecule has 2 aliphatic rings. The number of hydrogen-bond acceptors (Lipinski definition) is 5. The highest BCUT2D eigenvalue weighted by Gasteiger charge is 2.54. The van der Waals surface area contributed by atoms with Crippen LogP contribution < -0.4 is 5.32 Å². The molecular formula is C27H25ClFN3O5. The molecule has 3 amide bonds. The number of ether oxygens (including phenoxy) is 1. The highest BCUT2D eigenvalue weighted by atomic mass is 35.5. The van der Waals surface area contributed by atoms with Crippen LogP contribution >= 0.6 is 11.6 Å². The van der Waals surface area contributed by atoms with Crippen molar-refractivity contribution in [3.8, 4) is 0 Å². The fourth-order valence-electron chi connectivity index (χ4n) is 4.87. The molecule has 2 aromatic carbocycles. The third kappa shape index (κ3) is 5.10. The van der Waals surface area contributed by atoms with Crippen molar-refractivity contribution < 1.29 is 27.9 Å². The normalized spacial score (nSPS) is 18.7. The van der Waals surface area contributed by atoms with Crippen LogP contribution in [0.5, 0.6) is 0 Å². The molecule has 2 aliphatic heterocycles. The highest BCUT2D eigenvalue weighted by molar-refractivity contribution is 6.30. The molecule has 37 heavy (non-hydrogen) atoms. The van der Waals surface area contributed by atoms with Gasteiger partial charge in [0, 0.05) is 42.1 Å². The molecule has 10 heteroatoms. The van der Waals surface area contributed by atoms with Crippen molar-refractivity contribution in [2.24, 2.45) is 0 Å². The Morgan fingerprint density at radius 2 is 1.76 bits per heavy atom. The number of piperidine rings is 1. The Balaban J connectivity index is 1.36. The van der Waals surface area contributed by atoms with Crippen molar-refractivity contribution in [2.75, 3.05) is 19.7 Å². The van der Waals surface area contributed by atoms with Crippen LogP contribution in [0.2, 0.25) is 5.02 Å². The summed E-state index contributed by atoms with van der Waals surface area (Å²) in [4.78, 5) is 43.0. The molecule has 8 nitrogen and oxygen atoms in total. The first-order valence-electron chi connectivity index (χ1n) is 11.9. The molecule has 0 radical (unpaired) electrons. The van der Waals surface area contributed by atoms with Crippen molar-refractivity contribution in [1.82, 2.24) is 15.1 Å². The van der Waals surface area contributed by atoms with Gasteiger partial charge in [-0.1, -0.05) is 17.7 Å². The Morgan fingerprint density at radius 3 is 2.43 bits per heavy atom. The Morgan fingerprint density at radius 1 is 1.00 bits per heavy atom. The number of carbonyl (C=O) groups excluding carboxylic acids is 3. The van der Waals surface area contributed by atoms with Gasteiger partial charge in [0.05, 0.1) is 19.4 Å². The second kappa shape index (κ2) is 10.4. The molecule has 3 heterocycles. The van der Waals surface area contributed by atoms with Gasteiger partial charge in [-0.2, -0.15) is 0 Å². The lowest BCUT2D eigenvalue weighted by molar-refractivity contribution is -0.128. The van der Waals surface area contributed by atoms with Crippen LogP contribution in [0.1, 0.15) is 39.3 Å². The van der Waals surface area contributed by atoms with Crippen LogP contribution in [0.15, 0.2) is 71.3 Å². The predicted molar refractivity (Wildman–Crippen MR) is 132 cm³/mol. The molecule has 0 bridgehead atoms. The van der Waals surface area contributed by atoms with Crippen LogP contribution in [-0.4, -0.2) is 59.0 Å². The molecular weight excluding hydrogens is 501 g/mol. The van der Waals surface area contributed by atoms with Crippen LogP contribution in [0.4, 0.5) is 4.39 Å². The minimum atomic E-state index is -1.10. The minimum absolute atomic E-state index is 0.0177.